The first kappa shape index (κ1) is 18.7. The quantitative estimate of drug-likeness (QED) is 0.725. The zero-order valence-corrected chi connectivity index (χ0v) is 15.1. The third kappa shape index (κ3) is 4.92. The minimum atomic E-state index is -0.352. The second-order valence-electron chi connectivity index (χ2n) is 6.09. The Balaban J connectivity index is 2.21. The van der Waals surface area contributed by atoms with Gasteiger partial charge in [0, 0.05) is 18.7 Å². The van der Waals surface area contributed by atoms with Crippen LogP contribution in [-0.2, 0) is 16.0 Å². The molecule has 2 aromatic rings. The van der Waals surface area contributed by atoms with Crippen molar-refractivity contribution < 1.29 is 14.3 Å². The summed E-state index contributed by atoms with van der Waals surface area (Å²) in [5.74, 6) is -0.705. The number of hydrogen-bond acceptors (Lipinski definition) is 3. The van der Waals surface area contributed by atoms with Gasteiger partial charge >= 0.3 is 5.97 Å². The summed E-state index contributed by atoms with van der Waals surface area (Å²) >= 11 is 0. The van der Waals surface area contributed by atoms with Gasteiger partial charge in [-0.1, -0.05) is 55.5 Å². The van der Waals surface area contributed by atoms with Crippen molar-refractivity contribution in [3.63, 3.8) is 0 Å². The number of ether oxygens (including phenoxy) is 1. The molecule has 132 valence electrons. The van der Waals surface area contributed by atoms with E-state index in [9.17, 15) is 9.59 Å². The smallest absolute Gasteiger partial charge is 0.310 e. The van der Waals surface area contributed by atoms with Gasteiger partial charge in [0.25, 0.3) is 5.91 Å². The topological polar surface area (TPSA) is 46.6 Å². The molecule has 1 amide bonds. The first-order chi connectivity index (χ1) is 12.1. The summed E-state index contributed by atoms with van der Waals surface area (Å²) in [6, 6.07) is 17.7. The molecule has 2 aromatic carbocycles. The van der Waals surface area contributed by atoms with Gasteiger partial charge in [0.2, 0.25) is 0 Å². The van der Waals surface area contributed by atoms with Crippen LogP contribution < -0.4 is 0 Å². The van der Waals surface area contributed by atoms with E-state index in [0.717, 1.165) is 11.1 Å². The lowest BCUT2D eigenvalue weighted by atomic mass is 9.98. The molecule has 2 rings (SSSR count). The first-order valence-corrected chi connectivity index (χ1v) is 8.55. The molecule has 0 radical (unpaired) electrons. The number of nitrogens with zero attached hydrogens (tertiary/aromatic N) is 1. The molecule has 0 aliphatic carbocycles. The van der Waals surface area contributed by atoms with Gasteiger partial charge in [-0.25, -0.2) is 0 Å². The summed E-state index contributed by atoms with van der Waals surface area (Å²) in [5.41, 5.74) is 2.84. The molecule has 1 unspecified atom stereocenters. The van der Waals surface area contributed by atoms with Crippen LogP contribution in [0.1, 0.15) is 35.3 Å². The minimum Gasteiger partial charge on any atom is -0.469 e. The summed E-state index contributed by atoms with van der Waals surface area (Å²) in [6.07, 6.45) is 0.701. The monoisotopic (exact) mass is 339 g/mol. The molecule has 0 saturated carbocycles. The Hall–Kier alpha value is -2.62. The lowest BCUT2D eigenvalue weighted by molar-refractivity contribution is -0.145. The van der Waals surface area contributed by atoms with E-state index in [0.29, 0.717) is 25.1 Å². The fraction of sp³-hybridized carbons (Fsp3) is 0.333. The lowest BCUT2D eigenvalue weighted by Gasteiger charge is -2.24. The Morgan fingerprint density at radius 3 is 2.32 bits per heavy atom. The van der Waals surface area contributed by atoms with Crippen LogP contribution in [0.25, 0.3) is 0 Å². The number of methoxy groups -OCH3 is 1. The molecule has 0 bridgehead atoms. The highest BCUT2D eigenvalue weighted by Crippen LogP contribution is 2.17. The number of amides is 1. The maximum absolute atomic E-state index is 13.0. The van der Waals surface area contributed by atoms with Crippen molar-refractivity contribution in [1.82, 2.24) is 4.90 Å². The van der Waals surface area contributed by atoms with E-state index in [1.807, 2.05) is 49.4 Å². The van der Waals surface area contributed by atoms with Crippen LogP contribution in [-0.4, -0.2) is 37.0 Å². The van der Waals surface area contributed by atoms with Crippen LogP contribution in [0.2, 0.25) is 0 Å². The summed E-state index contributed by atoms with van der Waals surface area (Å²) in [4.78, 5) is 26.4. The Bertz CT molecular complexity index is 712. The first-order valence-electron chi connectivity index (χ1n) is 8.55. The molecular formula is C21H25NO3. The van der Waals surface area contributed by atoms with Crippen LogP contribution in [0, 0.1) is 5.92 Å². The Morgan fingerprint density at radius 1 is 1.04 bits per heavy atom. The van der Waals surface area contributed by atoms with Gasteiger partial charge in [-0.3, -0.25) is 9.59 Å². The predicted molar refractivity (Wildman–Crippen MR) is 98.4 cm³/mol. The maximum atomic E-state index is 13.0. The van der Waals surface area contributed by atoms with Gasteiger partial charge in [0.15, 0.2) is 0 Å². The number of rotatable bonds is 7. The van der Waals surface area contributed by atoms with E-state index < -0.39 is 0 Å². The molecule has 0 heterocycles. The van der Waals surface area contributed by atoms with Gasteiger partial charge in [0.05, 0.1) is 13.0 Å². The molecular weight excluding hydrogens is 314 g/mol. The molecule has 0 fully saturated rings. The van der Waals surface area contributed by atoms with Crippen LogP contribution in [0.5, 0.6) is 0 Å². The molecule has 1 atom stereocenters. The van der Waals surface area contributed by atoms with Gasteiger partial charge < -0.3 is 9.64 Å². The Morgan fingerprint density at radius 2 is 1.68 bits per heavy atom. The SMILES string of the molecule is CCN(CC(C)C(=O)OC)C(=O)c1ccccc1Cc1ccccc1. The number of carbonyl (C=O) groups is 2. The molecule has 0 aromatic heterocycles. The van der Waals surface area contributed by atoms with Crippen molar-refractivity contribution in [2.75, 3.05) is 20.2 Å². The van der Waals surface area contributed by atoms with Gasteiger partial charge in [-0.15, -0.1) is 0 Å². The third-order valence-electron chi connectivity index (χ3n) is 4.25. The van der Waals surface area contributed by atoms with Crippen LogP contribution in [0.3, 0.4) is 0 Å². The maximum Gasteiger partial charge on any atom is 0.310 e. The summed E-state index contributed by atoms with van der Waals surface area (Å²) in [7, 11) is 1.37. The van der Waals surface area contributed by atoms with Crippen molar-refractivity contribution in [3.05, 3.63) is 71.3 Å². The van der Waals surface area contributed by atoms with Crippen molar-refractivity contribution in [2.24, 2.45) is 5.92 Å². The van der Waals surface area contributed by atoms with E-state index >= 15 is 0 Å². The van der Waals surface area contributed by atoms with E-state index in [1.165, 1.54) is 7.11 Å². The van der Waals surface area contributed by atoms with E-state index in [2.05, 4.69) is 12.1 Å². The molecule has 0 saturated heterocycles. The summed E-state index contributed by atoms with van der Waals surface area (Å²) in [6.45, 7) is 4.58. The molecule has 4 nitrogen and oxygen atoms in total. The number of carbonyl (C=O) groups excluding carboxylic acids is 2. The highest BCUT2D eigenvalue weighted by Gasteiger charge is 2.22. The van der Waals surface area contributed by atoms with Crippen molar-refractivity contribution in [3.8, 4) is 0 Å². The van der Waals surface area contributed by atoms with Crippen molar-refractivity contribution in [2.45, 2.75) is 20.3 Å². The van der Waals surface area contributed by atoms with E-state index in [4.69, 9.17) is 4.74 Å². The normalized spacial score (nSPS) is 11.6. The lowest BCUT2D eigenvalue weighted by Crippen LogP contribution is -2.37. The molecule has 0 spiro atoms. The van der Waals surface area contributed by atoms with Crippen molar-refractivity contribution >= 4 is 11.9 Å². The molecule has 0 aliphatic rings. The fourth-order valence-electron chi connectivity index (χ4n) is 2.83. The second-order valence-corrected chi connectivity index (χ2v) is 6.09. The minimum absolute atomic E-state index is 0.0511. The molecule has 0 aliphatic heterocycles. The van der Waals surface area contributed by atoms with E-state index in [-0.39, 0.29) is 17.8 Å². The highest BCUT2D eigenvalue weighted by atomic mass is 16.5. The van der Waals surface area contributed by atoms with Crippen LogP contribution in [0.15, 0.2) is 54.6 Å². The van der Waals surface area contributed by atoms with Crippen LogP contribution in [0.4, 0.5) is 0 Å². The third-order valence-corrected chi connectivity index (χ3v) is 4.25. The zero-order valence-electron chi connectivity index (χ0n) is 15.1. The molecule has 25 heavy (non-hydrogen) atoms. The van der Waals surface area contributed by atoms with Gasteiger partial charge in [0.1, 0.15) is 0 Å². The van der Waals surface area contributed by atoms with Crippen molar-refractivity contribution in [1.29, 1.82) is 0 Å². The fourth-order valence-corrected chi connectivity index (χ4v) is 2.83. The average molecular weight is 339 g/mol. The predicted octanol–water partition coefficient (Wildman–Crippen LogP) is 3.55. The number of esters is 1. The number of hydrogen-bond donors (Lipinski definition) is 0. The average Bonchev–Trinajstić information content (AvgIpc) is 2.66. The zero-order chi connectivity index (χ0) is 18.2. The Labute approximate surface area is 149 Å². The van der Waals surface area contributed by atoms with E-state index in [1.54, 1.807) is 11.8 Å². The largest absolute Gasteiger partial charge is 0.469 e. The standard InChI is InChI=1S/C21H25NO3/c1-4-22(15-16(2)21(24)25-3)20(23)19-13-9-8-12-18(19)14-17-10-6-5-7-11-17/h5-13,16H,4,14-15H2,1-3H3. The molecule has 4 heteroatoms. The Kier molecular flexibility index (Phi) is 6.75. The van der Waals surface area contributed by atoms with Gasteiger partial charge in [-0.2, -0.15) is 0 Å². The highest BCUT2D eigenvalue weighted by molar-refractivity contribution is 5.96. The summed E-state index contributed by atoms with van der Waals surface area (Å²) < 4.78 is 4.77. The van der Waals surface area contributed by atoms with Gasteiger partial charge in [-0.05, 0) is 30.5 Å². The second kappa shape index (κ2) is 9.02. The number of benzene rings is 2. The summed E-state index contributed by atoms with van der Waals surface area (Å²) in [5, 5.41) is 0. The molecule has 0 N–H and O–H groups in total. The van der Waals surface area contributed by atoms with Crippen LogP contribution >= 0.6 is 0 Å².